The highest BCUT2D eigenvalue weighted by molar-refractivity contribution is 7.89. The molecule has 2 heterocycles. The molecule has 150 valence electrons. The van der Waals surface area contributed by atoms with Crippen molar-refractivity contribution in [3.05, 3.63) is 41.7 Å². The number of hydrogen-bond acceptors (Lipinski definition) is 7. The van der Waals surface area contributed by atoms with Gasteiger partial charge in [-0.1, -0.05) is 0 Å². The van der Waals surface area contributed by atoms with E-state index in [0.29, 0.717) is 18.7 Å². The molecule has 0 saturated carbocycles. The van der Waals surface area contributed by atoms with E-state index in [-0.39, 0.29) is 30.2 Å². The van der Waals surface area contributed by atoms with E-state index in [1.54, 1.807) is 0 Å². The lowest BCUT2D eigenvalue weighted by Gasteiger charge is -2.17. The number of carbonyl (C=O) groups excluding carboxylic acids is 1. The third kappa shape index (κ3) is 4.76. The van der Waals surface area contributed by atoms with Crippen molar-refractivity contribution < 1.29 is 22.7 Å². The molecule has 2 aromatic rings. The normalized spacial score (nSPS) is 17.4. The first-order valence-electron chi connectivity index (χ1n) is 8.74. The zero-order chi connectivity index (χ0) is 20.3. The number of hydrogen-bond donors (Lipinski definition) is 1. The summed E-state index contributed by atoms with van der Waals surface area (Å²) in [5.74, 6) is -0.236. The second kappa shape index (κ2) is 8.11. The summed E-state index contributed by atoms with van der Waals surface area (Å²) in [5.41, 5.74) is 6.61. The van der Waals surface area contributed by atoms with Crippen LogP contribution in [0, 0.1) is 13.8 Å². The average molecular weight is 406 g/mol. The van der Waals surface area contributed by atoms with Crippen molar-refractivity contribution in [1.29, 1.82) is 0 Å². The molecule has 0 bridgehead atoms. The Bertz CT molecular complexity index is 942. The Kier molecular flexibility index (Phi) is 5.80. The Morgan fingerprint density at radius 1 is 1.21 bits per heavy atom. The van der Waals surface area contributed by atoms with Gasteiger partial charge in [0.15, 0.2) is 6.61 Å². The Morgan fingerprint density at radius 2 is 1.86 bits per heavy atom. The van der Waals surface area contributed by atoms with Crippen LogP contribution in [0.5, 0.6) is 11.8 Å². The molecule has 1 aliphatic heterocycles. The van der Waals surface area contributed by atoms with Crippen LogP contribution in [-0.2, 0) is 14.8 Å². The fraction of sp³-hybridized carbons (Fsp3) is 0.389. The van der Waals surface area contributed by atoms with Crippen LogP contribution in [0.25, 0.3) is 0 Å². The van der Waals surface area contributed by atoms with Crippen molar-refractivity contribution in [2.75, 3.05) is 19.7 Å². The van der Waals surface area contributed by atoms with Crippen LogP contribution in [0.3, 0.4) is 0 Å². The van der Waals surface area contributed by atoms with Crippen molar-refractivity contribution in [3.63, 3.8) is 0 Å². The van der Waals surface area contributed by atoms with Gasteiger partial charge in [-0.25, -0.2) is 18.4 Å². The number of sulfonamides is 1. The molecule has 1 fully saturated rings. The Labute approximate surface area is 163 Å². The van der Waals surface area contributed by atoms with E-state index in [1.165, 1.54) is 28.6 Å². The van der Waals surface area contributed by atoms with E-state index in [4.69, 9.17) is 15.2 Å². The zero-order valence-corrected chi connectivity index (χ0v) is 16.5. The number of benzene rings is 1. The smallest absolute Gasteiger partial charge is 0.317 e. The molecule has 9 nitrogen and oxygen atoms in total. The van der Waals surface area contributed by atoms with Gasteiger partial charge in [-0.05, 0) is 50.6 Å². The van der Waals surface area contributed by atoms with Crippen LogP contribution in [0.2, 0.25) is 0 Å². The minimum absolute atomic E-state index is 0.141. The summed E-state index contributed by atoms with van der Waals surface area (Å²) in [7, 11) is -3.66. The van der Waals surface area contributed by atoms with Gasteiger partial charge in [0.2, 0.25) is 10.0 Å². The van der Waals surface area contributed by atoms with Crippen LogP contribution < -0.4 is 15.2 Å². The third-order valence-electron chi connectivity index (χ3n) is 4.18. The number of ether oxygens (including phenoxy) is 2. The fourth-order valence-corrected chi connectivity index (χ4v) is 4.41. The standard InChI is InChI=1S/C18H22N4O5S/c1-12-9-13(2)21-18(20-12)27-15-7-8-22(10-15)28(24,25)16-5-3-14(4-6-16)26-11-17(19)23/h3-6,9,15H,7-8,10-11H2,1-2H3,(H2,19,23). The number of rotatable bonds is 7. The van der Waals surface area contributed by atoms with Gasteiger partial charge in [0, 0.05) is 17.9 Å². The number of aromatic nitrogens is 2. The number of carbonyl (C=O) groups is 1. The highest BCUT2D eigenvalue weighted by Crippen LogP contribution is 2.24. The van der Waals surface area contributed by atoms with Crippen LogP contribution in [0.1, 0.15) is 17.8 Å². The number of nitrogens with zero attached hydrogens (tertiary/aromatic N) is 3. The van der Waals surface area contributed by atoms with Gasteiger partial charge in [-0.2, -0.15) is 4.31 Å². The summed E-state index contributed by atoms with van der Waals surface area (Å²) >= 11 is 0. The predicted octanol–water partition coefficient (Wildman–Crippen LogP) is 0.800. The van der Waals surface area contributed by atoms with Gasteiger partial charge in [-0.3, -0.25) is 4.79 Å². The average Bonchev–Trinajstić information content (AvgIpc) is 3.08. The van der Waals surface area contributed by atoms with Crippen molar-refractivity contribution in [2.45, 2.75) is 31.3 Å². The van der Waals surface area contributed by atoms with Gasteiger partial charge >= 0.3 is 6.01 Å². The van der Waals surface area contributed by atoms with Crippen molar-refractivity contribution >= 4 is 15.9 Å². The molecule has 1 unspecified atom stereocenters. The first kappa shape index (κ1) is 20.0. The SMILES string of the molecule is Cc1cc(C)nc(OC2CCN(S(=O)(=O)c3ccc(OCC(N)=O)cc3)C2)n1. The Hall–Kier alpha value is -2.72. The lowest BCUT2D eigenvalue weighted by Crippen LogP contribution is -2.31. The molecule has 0 radical (unpaired) electrons. The van der Waals surface area contributed by atoms with E-state index < -0.39 is 15.9 Å². The lowest BCUT2D eigenvalue weighted by molar-refractivity contribution is -0.119. The summed E-state index contributed by atoms with van der Waals surface area (Å²) < 4.78 is 38.0. The quantitative estimate of drug-likeness (QED) is 0.721. The largest absolute Gasteiger partial charge is 0.484 e. The third-order valence-corrected chi connectivity index (χ3v) is 6.06. The monoisotopic (exact) mass is 406 g/mol. The van der Waals surface area contributed by atoms with E-state index >= 15 is 0 Å². The first-order chi connectivity index (χ1) is 13.2. The summed E-state index contributed by atoms with van der Waals surface area (Å²) in [6.07, 6.45) is 0.240. The molecule has 1 saturated heterocycles. The first-order valence-corrected chi connectivity index (χ1v) is 10.2. The van der Waals surface area contributed by atoms with Gasteiger partial charge in [0.05, 0.1) is 11.4 Å². The molecular formula is C18H22N4O5S. The van der Waals surface area contributed by atoms with Crippen LogP contribution in [0.15, 0.2) is 35.2 Å². The second-order valence-corrected chi connectivity index (χ2v) is 8.49. The number of primary amides is 1. The molecule has 1 amide bonds. The molecular weight excluding hydrogens is 384 g/mol. The summed E-state index contributed by atoms with van der Waals surface area (Å²) in [6, 6.07) is 7.96. The van der Waals surface area contributed by atoms with Crippen molar-refractivity contribution in [1.82, 2.24) is 14.3 Å². The minimum Gasteiger partial charge on any atom is -0.484 e. The van der Waals surface area contributed by atoms with Gasteiger partial charge < -0.3 is 15.2 Å². The number of aryl methyl sites for hydroxylation is 2. The predicted molar refractivity (Wildman–Crippen MR) is 100 cm³/mol. The van der Waals surface area contributed by atoms with Gasteiger partial charge in [0.1, 0.15) is 11.9 Å². The van der Waals surface area contributed by atoms with Gasteiger partial charge in [0.25, 0.3) is 5.91 Å². The lowest BCUT2D eigenvalue weighted by atomic mass is 10.3. The maximum Gasteiger partial charge on any atom is 0.317 e. The van der Waals surface area contributed by atoms with Crippen LogP contribution in [-0.4, -0.2) is 54.4 Å². The summed E-state index contributed by atoms with van der Waals surface area (Å²) in [4.78, 5) is 19.4. The Morgan fingerprint density at radius 3 is 2.46 bits per heavy atom. The van der Waals surface area contributed by atoms with Crippen molar-refractivity contribution in [3.8, 4) is 11.8 Å². The van der Waals surface area contributed by atoms with E-state index in [9.17, 15) is 13.2 Å². The molecule has 1 aliphatic rings. The molecule has 0 spiro atoms. The van der Waals surface area contributed by atoms with E-state index in [0.717, 1.165) is 11.4 Å². The number of amides is 1. The molecule has 1 aromatic heterocycles. The Balaban J connectivity index is 1.65. The minimum atomic E-state index is -3.66. The maximum atomic E-state index is 12.8. The summed E-state index contributed by atoms with van der Waals surface area (Å²) in [5, 5.41) is 0. The highest BCUT2D eigenvalue weighted by atomic mass is 32.2. The molecule has 10 heteroatoms. The molecule has 2 N–H and O–H groups in total. The second-order valence-electron chi connectivity index (χ2n) is 6.55. The molecule has 0 aliphatic carbocycles. The van der Waals surface area contributed by atoms with Crippen molar-refractivity contribution in [2.24, 2.45) is 5.73 Å². The highest BCUT2D eigenvalue weighted by Gasteiger charge is 2.34. The van der Waals surface area contributed by atoms with E-state index in [1.807, 2.05) is 19.9 Å². The summed E-state index contributed by atoms with van der Waals surface area (Å²) in [6.45, 7) is 4.00. The van der Waals surface area contributed by atoms with Crippen LogP contribution in [0.4, 0.5) is 0 Å². The topological polar surface area (TPSA) is 125 Å². The molecule has 28 heavy (non-hydrogen) atoms. The molecule has 3 rings (SSSR count). The van der Waals surface area contributed by atoms with E-state index in [2.05, 4.69) is 9.97 Å². The molecule has 1 aromatic carbocycles. The zero-order valence-electron chi connectivity index (χ0n) is 15.7. The molecule has 1 atom stereocenters. The van der Waals surface area contributed by atoms with Crippen LogP contribution >= 0.6 is 0 Å². The maximum absolute atomic E-state index is 12.8. The fourth-order valence-electron chi connectivity index (χ4n) is 2.92. The number of nitrogens with two attached hydrogens (primary N) is 1. The van der Waals surface area contributed by atoms with Gasteiger partial charge in [-0.15, -0.1) is 0 Å².